The molecule has 0 unspecified atom stereocenters. The third-order valence-corrected chi connectivity index (χ3v) is 9.77. The van der Waals surface area contributed by atoms with Crippen LogP contribution < -0.4 is 5.32 Å². The summed E-state index contributed by atoms with van der Waals surface area (Å²) in [5, 5.41) is 13.5. The van der Waals surface area contributed by atoms with E-state index in [4.69, 9.17) is 9.47 Å². The quantitative estimate of drug-likeness (QED) is 0.361. The summed E-state index contributed by atoms with van der Waals surface area (Å²) in [6, 6.07) is 6.89. The molecular formula is C36H49N3O7. The number of rotatable bonds is 6. The van der Waals surface area contributed by atoms with Crippen molar-refractivity contribution < 1.29 is 33.8 Å². The van der Waals surface area contributed by atoms with Crippen molar-refractivity contribution in [3.8, 4) is 0 Å². The SMILES string of the molecule is CC[C@@H](CO)N1C(=O)[C@@H]2[C@H]3C(=O)N[C@H](c4ccccc4)COC(=O)CC/C=C\[C@H]3O[C@@]23C=CCN(C(C)(C)CC(C)(C)C)C(=O)[C@@H]13. The Kier molecular flexibility index (Phi) is 9.53. The molecule has 250 valence electrons. The average molecular weight is 636 g/mol. The van der Waals surface area contributed by atoms with Gasteiger partial charge in [0.05, 0.1) is 36.6 Å². The van der Waals surface area contributed by atoms with Crippen molar-refractivity contribution in [3.63, 3.8) is 0 Å². The summed E-state index contributed by atoms with van der Waals surface area (Å²) in [5.41, 5.74) is -1.31. The molecule has 1 aromatic carbocycles. The van der Waals surface area contributed by atoms with E-state index < -0.39 is 53.1 Å². The number of hydrogen-bond acceptors (Lipinski definition) is 7. The lowest BCUT2D eigenvalue weighted by molar-refractivity contribution is -0.155. The molecule has 0 aromatic heterocycles. The van der Waals surface area contributed by atoms with Gasteiger partial charge in [-0.2, -0.15) is 0 Å². The summed E-state index contributed by atoms with van der Waals surface area (Å²) in [5.74, 6) is -3.44. The van der Waals surface area contributed by atoms with Gasteiger partial charge in [-0.15, -0.1) is 0 Å². The minimum atomic E-state index is -1.44. The Morgan fingerprint density at radius 3 is 2.41 bits per heavy atom. The van der Waals surface area contributed by atoms with E-state index >= 15 is 0 Å². The number of likely N-dealkylation sites (tertiary alicyclic amines) is 1. The van der Waals surface area contributed by atoms with Crippen LogP contribution in [0, 0.1) is 17.3 Å². The van der Waals surface area contributed by atoms with E-state index in [9.17, 15) is 24.3 Å². The van der Waals surface area contributed by atoms with E-state index in [0.29, 0.717) is 25.8 Å². The van der Waals surface area contributed by atoms with Gasteiger partial charge in [0.1, 0.15) is 18.2 Å². The van der Waals surface area contributed by atoms with Crippen molar-refractivity contribution in [1.82, 2.24) is 15.1 Å². The summed E-state index contributed by atoms with van der Waals surface area (Å²) in [4.78, 5) is 59.7. The van der Waals surface area contributed by atoms with Gasteiger partial charge in [-0.25, -0.2) is 0 Å². The number of carbonyl (C=O) groups is 4. The van der Waals surface area contributed by atoms with Crippen LogP contribution in [0.5, 0.6) is 0 Å². The van der Waals surface area contributed by atoms with Crippen LogP contribution in [0.2, 0.25) is 0 Å². The highest BCUT2D eigenvalue weighted by atomic mass is 16.5. The van der Waals surface area contributed by atoms with Gasteiger partial charge in [-0.05, 0) is 44.1 Å². The van der Waals surface area contributed by atoms with Crippen LogP contribution in [-0.4, -0.2) is 87.7 Å². The maximum absolute atomic E-state index is 14.8. The summed E-state index contributed by atoms with van der Waals surface area (Å²) in [6.45, 7) is 12.3. The lowest BCUT2D eigenvalue weighted by Gasteiger charge is -2.45. The van der Waals surface area contributed by atoms with E-state index in [0.717, 1.165) is 5.56 Å². The monoisotopic (exact) mass is 635 g/mol. The maximum Gasteiger partial charge on any atom is 0.306 e. The van der Waals surface area contributed by atoms with Crippen molar-refractivity contribution in [3.05, 3.63) is 60.2 Å². The van der Waals surface area contributed by atoms with Crippen LogP contribution in [0.4, 0.5) is 0 Å². The van der Waals surface area contributed by atoms with Crippen molar-refractivity contribution in [2.45, 2.75) is 103 Å². The first kappa shape index (κ1) is 33.9. The summed E-state index contributed by atoms with van der Waals surface area (Å²) >= 11 is 0. The largest absolute Gasteiger partial charge is 0.463 e. The van der Waals surface area contributed by atoms with Gasteiger partial charge in [-0.1, -0.05) is 82.3 Å². The molecule has 10 nitrogen and oxygen atoms in total. The molecule has 1 aromatic rings. The van der Waals surface area contributed by atoms with Crippen LogP contribution in [0.3, 0.4) is 0 Å². The molecule has 10 heteroatoms. The second-order valence-electron chi connectivity index (χ2n) is 14.9. The Morgan fingerprint density at radius 1 is 1.04 bits per heavy atom. The van der Waals surface area contributed by atoms with Crippen molar-refractivity contribution in [2.75, 3.05) is 19.8 Å². The topological polar surface area (TPSA) is 125 Å². The van der Waals surface area contributed by atoms with Crippen LogP contribution in [0.1, 0.15) is 78.8 Å². The molecule has 0 radical (unpaired) electrons. The minimum Gasteiger partial charge on any atom is -0.463 e. The first-order valence-electron chi connectivity index (χ1n) is 16.5. The number of benzene rings is 1. The molecule has 2 saturated heterocycles. The van der Waals surface area contributed by atoms with E-state index in [1.807, 2.05) is 68.2 Å². The van der Waals surface area contributed by atoms with Crippen molar-refractivity contribution in [2.24, 2.45) is 17.3 Å². The molecule has 0 bridgehead atoms. The highest BCUT2D eigenvalue weighted by molar-refractivity contribution is 6.00. The van der Waals surface area contributed by atoms with E-state index in [-0.39, 0.29) is 42.8 Å². The zero-order valence-electron chi connectivity index (χ0n) is 27.9. The number of ether oxygens (including phenoxy) is 2. The van der Waals surface area contributed by atoms with Crippen molar-refractivity contribution >= 4 is 23.7 Å². The van der Waals surface area contributed by atoms with Gasteiger partial charge in [0.15, 0.2) is 0 Å². The number of aliphatic hydroxyl groups excluding tert-OH is 1. The molecular weight excluding hydrogens is 586 g/mol. The highest BCUT2D eigenvalue weighted by Gasteiger charge is 2.72. The fourth-order valence-corrected chi connectivity index (χ4v) is 8.12. The standard InChI is InChI=1S/C36H49N3O7/c1-7-24(20-40)39-30-33(44)38(35(5,6)22-34(2,3)4)19-13-18-36(30)29(32(39)43)28-26(46-36)16-11-12-17-27(41)45-21-25(37-31(28)42)23-14-9-8-10-15-23/h8-11,13-16,18,24-26,28-30,40H,7,12,17,19-22H2,1-6H3,(H,37,42)/b16-11-/t24-,25-,26+,28-,29-,30+,36-/m0/s1. The number of carbonyl (C=O) groups excluding carboxylic acids is 4. The first-order chi connectivity index (χ1) is 21.7. The second kappa shape index (κ2) is 13.0. The zero-order chi connectivity index (χ0) is 33.4. The smallest absolute Gasteiger partial charge is 0.306 e. The minimum absolute atomic E-state index is 0.0618. The fourth-order valence-electron chi connectivity index (χ4n) is 8.12. The van der Waals surface area contributed by atoms with E-state index in [1.54, 1.807) is 12.2 Å². The van der Waals surface area contributed by atoms with Gasteiger partial charge in [0.25, 0.3) is 0 Å². The third-order valence-electron chi connectivity index (χ3n) is 9.77. The molecule has 1 spiro atoms. The Balaban J connectivity index is 1.61. The van der Waals surface area contributed by atoms with Crippen LogP contribution in [-0.2, 0) is 28.7 Å². The number of amides is 3. The predicted octanol–water partition coefficient (Wildman–Crippen LogP) is 3.70. The molecule has 0 saturated carbocycles. The van der Waals surface area contributed by atoms with Gasteiger partial charge in [0.2, 0.25) is 17.7 Å². The van der Waals surface area contributed by atoms with Crippen molar-refractivity contribution in [1.29, 1.82) is 0 Å². The molecule has 3 amide bonds. The number of fused-ring (bicyclic) bond motifs is 2. The molecule has 4 aliphatic heterocycles. The summed E-state index contributed by atoms with van der Waals surface area (Å²) in [7, 11) is 0. The lowest BCUT2D eigenvalue weighted by Crippen LogP contribution is -2.61. The van der Waals surface area contributed by atoms with Gasteiger partial charge in [0, 0.05) is 18.5 Å². The zero-order valence-corrected chi connectivity index (χ0v) is 27.9. The number of allylic oxidation sites excluding steroid dienone is 1. The Morgan fingerprint density at radius 2 is 1.76 bits per heavy atom. The Hall–Kier alpha value is -3.50. The van der Waals surface area contributed by atoms with Crippen LogP contribution in [0.15, 0.2) is 54.6 Å². The molecule has 46 heavy (non-hydrogen) atoms. The number of hydrogen-bond donors (Lipinski definition) is 2. The summed E-state index contributed by atoms with van der Waals surface area (Å²) in [6.07, 6.45) is 8.06. The molecule has 4 aliphatic rings. The number of cyclic esters (lactones) is 1. The molecule has 5 rings (SSSR count). The lowest BCUT2D eigenvalue weighted by atomic mass is 9.77. The average Bonchev–Trinajstić information content (AvgIpc) is 3.37. The molecule has 7 atom stereocenters. The Bertz CT molecular complexity index is 1380. The van der Waals surface area contributed by atoms with E-state index in [2.05, 4.69) is 26.1 Å². The van der Waals surface area contributed by atoms with Gasteiger partial charge < -0.3 is 29.7 Å². The molecule has 0 aliphatic carbocycles. The second-order valence-corrected chi connectivity index (χ2v) is 14.9. The predicted molar refractivity (Wildman–Crippen MR) is 172 cm³/mol. The Labute approximate surface area is 272 Å². The van der Waals surface area contributed by atoms with E-state index in [1.165, 1.54) is 4.90 Å². The highest BCUT2D eigenvalue weighted by Crippen LogP contribution is 2.54. The molecule has 4 heterocycles. The number of esters is 1. The first-order valence-corrected chi connectivity index (χ1v) is 16.5. The molecule has 2 fully saturated rings. The van der Waals surface area contributed by atoms with Gasteiger partial charge >= 0.3 is 5.97 Å². The number of nitrogens with zero attached hydrogens (tertiary/aromatic N) is 2. The fraction of sp³-hybridized carbons (Fsp3) is 0.611. The summed E-state index contributed by atoms with van der Waals surface area (Å²) < 4.78 is 12.4. The molecule has 2 N–H and O–H groups in total. The number of aliphatic hydroxyl groups is 1. The normalized spacial score (nSPS) is 31.9. The van der Waals surface area contributed by atoms with Crippen LogP contribution in [0.25, 0.3) is 0 Å². The number of nitrogens with one attached hydrogen (secondary N) is 1. The maximum atomic E-state index is 14.8. The third kappa shape index (κ3) is 6.26. The van der Waals surface area contributed by atoms with Gasteiger partial charge in [-0.3, -0.25) is 19.2 Å². The van der Waals surface area contributed by atoms with Crippen LogP contribution >= 0.6 is 0 Å².